The van der Waals surface area contributed by atoms with Crippen LogP contribution < -0.4 is 5.32 Å². The number of carboxylic acid groups (broad SMARTS) is 1. The quantitative estimate of drug-likeness (QED) is 0.831. The third-order valence-corrected chi connectivity index (χ3v) is 6.29. The van der Waals surface area contributed by atoms with E-state index in [9.17, 15) is 9.90 Å². The lowest BCUT2D eigenvalue weighted by Gasteiger charge is -2.22. The summed E-state index contributed by atoms with van der Waals surface area (Å²) in [5.74, 6) is 2.94. The Hall–Kier alpha value is -0.950. The molecule has 0 bridgehead atoms. The highest BCUT2D eigenvalue weighted by Crippen LogP contribution is 2.25. The van der Waals surface area contributed by atoms with E-state index in [1.165, 1.54) is 5.75 Å². The van der Waals surface area contributed by atoms with Gasteiger partial charge in [-0.15, -0.1) is 5.10 Å². The molecule has 1 saturated heterocycles. The van der Waals surface area contributed by atoms with Crippen molar-refractivity contribution in [1.82, 2.24) is 10.2 Å². The van der Waals surface area contributed by atoms with Crippen molar-refractivity contribution in [2.24, 2.45) is 0 Å². The molecule has 1 unspecified atom stereocenters. The third-order valence-electron chi connectivity index (χ3n) is 3.44. The summed E-state index contributed by atoms with van der Waals surface area (Å²) in [6.45, 7) is 4.67. The van der Waals surface area contributed by atoms with E-state index in [1.807, 2.05) is 37.4 Å². The standard InChI is InChI=1S/C14H21N3O2S2/c1-3-10-11(4-2)16-17-13(12(10)14(18)19)15-7-9-8-20-5-6-21-9/h9H,3-8H2,1-2H3,(H,15,17)(H,18,19). The highest BCUT2D eigenvalue weighted by atomic mass is 32.2. The summed E-state index contributed by atoms with van der Waals surface area (Å²) in [6.07, 6.45) is 1.36. The average molecular weight is 327 g/mol. The van der Waals surface area contributed by atoms with Gasteiger partial charge in [0.05, 0.1) is 5.69 Å². The van der Waals surface area contributed by atoms with Crippen molar-refractivity contribution in [2.75, 3.05) is 29.1 Å². The van der Waals surface area contributed by atoms with Gasteiger partial charge in [-0.25, -0.2) is 4.79 Å². The monoisotopic (exact) mass is 327 g/mol. The first-order valence-corrected chi connectivity index (χ1v) is 9.42. The topological polar surface area (TPSA) is 75.1 Å². The summed E-state index contributed by atoms with van der Waals surface area (Å²) in [5, 5.41) is 21.5. The van der Waals surface area contributed by atoms with Crippen LogP contribution in [-0.4, -0.2) is 50.3 Å². The van der Waals surface area contributed by atoms with Crippen LogP contribution in [0.15, 0.2) is 0 Å². The number of carbonyl (C=O) groups is 1. The maximum Gasteiger partial charge on any atom is 0.339 e. The van der Waals surface area contributed by atoms with Crippen LogP contribution >= 0.6 is 23.5 Å². The Bertz CT molecular complexity index is 505. The molecule has 0 aromatic carbocycles. The molecule has 1 aromatic heterocycles. The number of anilines is 1. The van der Waals surface area contributed by atoms with Gasteiger partial charge >= 0.3 is 5.97 Å². The summed E-state index contributed by atoms with van der Waals surface area (Å²) in [7, 11) is 0. The number of hydrogen-bond acceptors (Lipinski definition) is 6. The summed E-state index contributed by atoms with van der Waals surface area (Å²) in [5.41, 5.74) is 1.87. The zero-order chi connectivity index (χ0) is 15.2. The number of nitrogens with one attached hydrogen (secondary N) is 1. The third kappa shape index (κ3) is 4.03. The average Bonchev–Trinajstić information content (AvgIpc) is 2.52. The minimum Gasteiger partial charge on any atom is -0.478 e. The van der Waals surface area contributed by atoms with E-state index >= 15 is 0 Å². The molecule has 2 N–H and O–H groups in total. The second kappa shape index (κ2) is 7.89. The Kier molecular flexibility index (Phi) is 6.17. The maximum atomic E-state index is 11.6. The van der Waals surface area contributed by atoms with Crippen molar-refractivity contribution >= 4 is 35.3 Å². The number of rotatable bonds is 6. The van der Waals surface area contributed by atoms with Crippen LogP contribution in [-0.2, 0) is 12.8 Å². The van der Waals surface area contributed by atoms with E-state index in [0.29, 0.717) is 23.9 Å². The molecule has 1 fully saturated rings. The summed E-state index contributed by atoms with van der Waals surface area (Å²) < 4.78 is 0. The fourth-order valence-electron chi connectivity index (χ4n) is 2.39. The Balaban J connectivity index is 2.19. The molecule has 0 amide bonds. The SMILES string of the molecule is CCc1nnc(NCC2CSCCS2)c(C(=O)O)c1CC. The van der Waals surface area contributed by atoms with E-state index in [2.05, 4.69) is 15.5 Å². The number of aryl methyl sites for hydroxylation is 1. The van der Waals surface area contributed by atoms with Crippen LogP contribution in [0.1, 0.15) is 35.5 Å². The lowest BCUT2D eigenvalue weighted by atomic mass is 10.0. The summed E-state index contributed by atoms with van der Waals surface area (Å²) >= 11 is 3.88. The van der Waals surface area contributed by atoms with E-state index in [4.69, 9.17) is 0 Å². The van der Waals surface area contributed by atoms with Gasteiger partial charge in [0.25, 0.3) is 0 Å². The first-order chi connectivity index (χ1) is 10.2. The van der Waals surface area contributed by atoms with Crippen molar-refractivity contribution in [1.29, 1.82) is 0 Å². The molecule has 0 saturated carbocycles. The Morgan fingerprint density at radius 2 is 2.14 bits per heavy atom. The Morgan fingerprint density at radius 1 is 1.33 bits per heavy atom. The second-order valence-electron chi connectivity index (χ2n) is 4.81. The minimum absolute atomic E-state index is 0.290. The largest absolute Gasteiger partial charge is 0.478 e. The van der Waals surface area contributed by atoms with Crippen molar-refractivity contribution < 1.29 is 9.90 Å². The molecule has 2 heterocycles. The van der Waals surface area contributed by atoms with Crippen LogP contribution in [0.2, 0.25) is 0 Å². The fourth-order valence-corrected chi connectivity index (χ4v) is 5.00. The fraction of sp³-hybridized carbons (Fsp3) is 0.643. The van der Waals surface area contributed by atoms with Crippen LogP contribution in [0.3, 0.4) is 0 Å². The van der Waals surface area contributed by atoms with Crippen molar-refractivity contribution in [2.45, 2.75) is 31.9 Å². The van der Waals surface area contributed by atoms with Crippen LogP contribution in [0.4, 0.5) is 5.82 Å². The number of aromatic carboxylic acids is 1. The number of hydrogen-bond donors (Lipinski definition) is 2. The molecule has 7 heteroatoms. The number of nitrogens with zero attached hydrogens (tertiary/aromatic N) is 2. The molecule has 1 aromatic rings. The smallest absolute Gasteiger partial charge is 0.339 e. The summed E-state index contributed by atoms with van der Waals surface area (Å²) in [6, 6.07) is 0. The molecule has 0 radical (unpaired) electrons. The molecular formula is C14H21N3O2S2. The number of thioether (sulfide) groups is 2. The van der Waals surface area contributed by atoms with Crippen molar-refractivity contribution in [3.63, 3.8) is 0 Å². The maximum absolute atomic E-state index is 11.6. The van der Waals surface area contributed by atoms with Crippen molar-refractivity contribution in [3.8, 4) is 0 Å². The van der Waals surface area contributed by atoms with Crippen LogP contribution in [0.5, 0.6) is 0 Å². The minimum atomic E-state index is -0.926. The van der Waals surface area contributed by atoms with E-state index in [0.717, 1.165) is 29.3 Å². The molecule has 116 valence electrons. The zero-order valence-corrected chi connectivity index (χ0v) is 14.0. The molecule has 0 aliphatic carbocycles. The normalized spacial score (nSPS) is 18.5. The first kappa shape index (κ1) is 16.4. The first-order valence-electron chi connectivity index (χ1n) is 7.22. The highest BCUT2D eigenvalue weighted by Gasteiger charge is 2.21. The summed E-state index contributed by atoms with van der Waals surface area (Å²) in [4.78, 5) is 11.6. The van der Waals surface area contributed by atoms with Gasteiger partial charge in [0.2, 0.25) is 0 Å². The van der Waals surface area contributed by atoms with Gasteiger partial charge in [0.1, 0.15) is 5.56 Å². The Labute approximate surface area is 133 Å². The van der Waals surface area contributed by atoms with Gasteiger partial charge in [0, 0.05) is 29.1 Å². The predicted molar refractivity (Wildman–Crippen MR) is 89.8 cm³/mol. The number of aromatic nitrogens is 2. The van der Waals surface area contributed by atoms with Gasteiger partial charge in [-0.1, -0.05) is 13.8 Å². The molecule has 1 aliphatic heterocycles. The van der Waals surface area contributed by atoms with Gasteiger partial charge in [-0.3, -0.25) is 0 Å². The van der Waals surface area contributed by atoms with Gasteiger partial charge in [-0.2, -0.15) is 28.6 Å². The van der Waals surface area contributed by atoms with E-state index < -0.39 is 5.97 Å². The molecule has 21 heavy (non-hydrogen) atoms. The molecule has 1 aliphatic rings. The van der Waals surface area contributed by atoms with Crippen LogP contribution in [0, 0.1) is 0 Å². The highest BCUT2D eigenvalue weighted by molar-refractivity contribution is 8.06. The molecular weight excluding hydrogens is 306 g/mol. The predicted octanol–water partition coefficient (Wildman–Crippen LogP) is 2.56. The molecule has 2 rings (SSSR count). The lowest BCUT2D eigenvalue weighted by Crippen LogP contribution is -2.25. The van der Waals surface area contributed by atoms with Crippen molar-refractivity contribution in [3.05, 3.63) is 16.8 Å². The Morgan fingerprint density at radius 3 is 2.71 bits per heavy atom. The van der Waals surface area contributed by atoms with Gasteiger partial charge in [0.15, 0.2) is 5.82 Å². The van der Waals surface area contributed by atoms with Crippen LogP contribution in [0.25, 0.3) is 0 Å². The van der Waals surface area contributed by atoms with Gasteiger partial charge in [-0.05, 0) is 18.4 Å². The molecule has 1 atom stereocenters. The van der Waals surface area contributed by atoms with E-state index in [1.54, 1.807) is 0 Å². The van der Waals surface area contributed by atoms with E-state index in [-0.39, 0.29) is 5.56 Å². The second-order valence-corrected chi connectivity index (χ2v) is 7.37. The van der Waals surface area contributed by atoms with Gasteiger partial charge < -0.3 is 10.4 Å². The number of carboxylic acids is 1. The molecule has 0 spiro atoms. The lowest BCUT2D eigenvalue weighted by molar-refractivity contribution is 0.0696. The molecule has 5 nitrogen and oxygen atoms in total. The zero-order valence-electron chi connectivity index (χ0n) is 12.4.